The normalized spacial score (nSPS) is 10.9. The van der Waals surface area contributed by atoms with E-state index in [2.05, 4.69) is 79.7 Å². The van der Waals surface area contributed by atoms with Crippen LogP contribution in [0.3, 0.4) is 0 Å². The van der Waals surface area contributed by atoms with Gasteiger partial charge in [0.2, 0.25) is 0 Å². The zero-order chi connectivity index (χ0) is 18.7. The van der Waals surface area contributed by atoms with E-state index in [0.717, 1.165) is 12.8 Å². The SMILES string of the molecule is CC(C)=C(C)CCc1c(C)cc(Cc2cc(C)c(C)c(C)c2)cc1C. The molecule has 0 aliphatic rings. The minimum Gasteiger partial charge on any atom is -0.0775 e. The predicted molar refractivity (Wildman–Crippen MR) is 112 cm³/mol. The summed E-state index contributed by atoms with van der Waals surface area (Å²) < 4.78 is 0. The van der Waals surface area contributed by atoms with Gasteiger partial charge in [-0.05, 0) is 119 Å². The Morgan fingerprint density at radius 1 is 0.680 bits per heavy atom. The smallest absolute Gasteiger partial charge is 0.00254 e. The summed E-state index contributed by atoms with van der Waals surface area (Å²) in [6.45, 7) is 17.9. The number of benzene rings is 2. The van der Waals surface area contributed by atoms with E-state index < -0.39 is 0 Å². The molecule has 0 aliphatic heterocycles. The molecule has 0 aliphatic carbocycles. The molecular weight excluding hydrogens is 300 g/mol. The van der Waals surface area contributed by atoms with Gasteiger partial charge in [-0.15, -0.1) is 0 Å². The Kier molecular flexibility index (Phi) is 6.27. The molecule has 0 N–H and O–H groups in total. The van der Waals surface area contributed by atoms with Crippen LogP contribution in [0.4, 0.5) is 0 Å². The average Bonchev–Trinajstić information content (AvgIpc) is 2.51. The first-order chi connectivity index (χ1) is 11.7. The molecular formula is C25H34. The Morgan fingerprint density at radius 2 is 1.12 bits per heavy atom. The van der Waals surface area contributed by atoms with Gasteiger partial charge >= 0.3 is 0 Å². The van der Waals surface area contributed by atoms with Crippen molar-refractivity contribution in [2.24, 2.45) is 0 Å². The first kappa shape index (κ1) is 19.5. The van der Waals surface area contributed by atoms with Crippen LogP contribution in [0.25, 0.3) is 0 Å². The molecule has 0 saturated carbocycles. The summed E-state index contributed by atoms with van der Waals surface area (Å²) in [5.74, 6) is 0. The van der Waals surface area contributed by atoms with Gasteiger partial charge in [-0.25, -0.2) is 0 Å². The van der Waals surface area contributed by atoms with E-state index in [1.54, 1.807) is 0 Å². The van der Waals surface area contributed by atoms with Crippen molar-refractivity contribution in [3.05, 3.63) is 79.9 Å². The minimum absolute atomic E-state index is 1.02. The summed E-state index contributed by atoms with van der Waals surface area (Å²) in [5.41, 5.74) is 14.5. The molecule has 25 heavy (non-hydrogen) atoms. The van der Waals surface area contributed by atoms with Crippen LogP contribution in [-0.2, 0) is 12.8 Å². The lowest BCUT2D eigenvalue weighted by molar-refractivity contribution is 0.903. The lowest BCUT2D eigenvalue weighted by atomic mass is 9.91. The molecule has 0 radical (unpaired) electrons. The summed E-state index contributed by atoms with van der Waals surface area (Å²) in [6, 6.07) is 9.48. The molecule has 0 bridgehead atoms. The van der Waals surface area contributed by atoms with E-state index in [-0.39, 0.29) is 0 Å². The second kappa shape index (κ2) is 8.04. The minimum atomic E-state index is 1.02. The molecule has 0 atom stereocenters. The first-order valence-corrected chi connectivity index (χ1v) is 9.47. The maximum absolute atomic E-state index is 2.39. The average molecular weight is 335 g/mol. The molecule has 0 nitrogen and oxygen atoms in total. The number of hydrogen-bond donors (Lipinski definition) is 0. The summed E-state index contributed by atoms with van der Waals surface area (Å²) in [4.78, 5) is 0. The Balaban J connectivity index is 2.23. The van der Waals surface area contributed by atoms with Crippen LogP contribution in [0.1, 0.15) is 71.7 Å². The zero-order valence-electron chi connectivity index (χ0n) is 17.4. The lowest BCUT2D eigenvalue weighted by Gasteiger charge is -2.15. The van der Waals surface area contributed by atoms with Crippen LogP contribution >= 0.6 is 0 Å². The molecule has 0 unspecified atom stereocenters. The quantitative estimate of drug-likeness (QED) is 0.511. The number of hydrogen-bond acceptors (Lipinski definition) is 0. The van der Waals surface area contributed by atoms with Crippen LogP contribution in [0.15, 0.2) is 35.4 Å². The molecule has 2 aromatic carbocycles. The van der Waals surface area contributed by atoms with Crippen LogP contribution in [0, 0.1) is 34.6 Å². The van der Waals surface area contributed by atoms with Crippen molar-refractivity contribution in [2.75, 3.05) is 0 Å². The highest BCUT2D eigenvalue weighted by molar-refractivity contribution is 5.43. The van der Waals surface area contributed by atoms with Gasteiger partial charge in [0.15, 0.2) is 0 Å². The van der Waals surface area contributed by atoms with Crippen LogP contribution in [-0.4, -0.2) is 0 Å². The topological polar surface area (TPSA) is 0 Å². The Bertz CT molecular complexity index is 753. The summed E-state index contributed by atoms with van der Waals surface area (Å²) in [6.07, 6.45) is 3.34. The third-order valence-corrected chi connectivity index (χ3v) is 5.75. The molecule has 2 rings (SSSR count). The fourth-order valence-electron chi connectivity index (χ4n) is 3.61. The molecule has 0 saturated heterocycles. The maximum Gasteiger partial charge on any atom is -0.00254 e. The van der Waals surface area contributed by atoms with E-state index in [1.807, 2.05) is 0 Å². The molecule has 0 heteroatoms. The highest BCUT2D eigenvalue weighted by Crippen LogP contribution is 2.24. The molecule has 2 aromatic rings. The van der Waals surface area contributed by atoms with Crippen molar-refractivity contribution >= 4 is 0 Å². The molecule has 134 valence electrons. The van der Waals surface area contributed by atoms with E-state index in [0.29, 0.717) is 0 Å². The fraction of sp³-hybridized carbons (Fsp3) is 0.440. The molecule has 0 amide bonds. The predicted octanol–water partition coefficient (Wildman–Crippen LogP) is 7.11. The second-order valence-electron chi connectivity index (χ2n) is 8.02. The van der Waals surface area contributed by atoms with Gasteiger partial charge in [0, 0.05) is 0 Å². The van der Waals surface area contributed by atoms with Crippen molar-refractivity contribution in [3.63, 3.8) is 0 Å². The lowest BCUT2D eigenvalue weighted by Crippen LogP contribution is -2.00. The van der Waals surface area contributed by atoms with Crippen molar-refractivity contribution in [1.29, 1.82) is 0 Å². The highest BCUT2D eigenvalue weighted by atomic mass is 14.1. The highest BCUT2D eigenvalue weighted by Gasteiger charge is 2.08. The third-order valence-electron chi connectivity index (χ3n) is 5.75. The van der Waals surface area contributed by atoms with Crippen molar-refractivity contribution in [2.45, 2.75) is 74.7 Å². The summed E-state index contributed by atoms with van der Waals surface area (Å²) >= 11 is 0. The molecule has 0 fully saturated rings. The van der Waals surface area contributed by atoms with Gasteiger partial charge in [0.25, 0.3) is 0 Å². The van der Waals surface area contributed by atoms with E-state index in [9.17, 15) is 0 Å². The number of aryl methyl sites for hydroxylation is 4. The second-order valence-corrected chi connectivity index (χ2v) is 8.02. The fourth-order valence-corrected chi connectivity index (χ4v) is 3.61. The summed E-state index contributed by atoms with van der Waals surface area (Å²) in [7, 11) is 0. The van der Waals surface area contributed by atoms with E-state index >= 15 is 0 Å². The standard InChI is InChI=1S/C25H34/c1-16(2)17(3)9-10-25-20(6)13-24(14-21(25)7)15-23-11-18(4)22(8)19(5)12-23/h11-14H,9-10,15H2,1-8H3. The van der Waals surface area contributed by atoms with E-state index in [4.69, 9.17) is 0 Å². The van der Waals surface area contributed by atoms with Crippen molar-refractivity contribution in [1.82, 2.24) is 0 Å². The Labute approximate surface area is 155 Å². The number of allylic oxidation sites excluding steroid dienone is 2. The van der Waals surface area contributed by atoms with Crippen molar-refractivity contribution < 1.29 is 0 Å². The third kappa shape index (κ3) is 4.84. The van der Waals surface area contributed by atoms with Gasteiger partial charge in [0.1, 0.15) is 0 Å². The Morgan fingerprint density at radius 3 is 1.56 bits per heavy atom. The van der Waals surface area contributed by atoms with Crippen LogP contribution in [0.5, 0.6) is 0 Å². The van der Waals surface area contributed by atoms with Gasteiger partial charge in [-0.1, -0.05) is 35.4 Å². The van der Waals surface area contributed by atoms with Crippen LogP contribution < -0.4 is 0 Å². The first-order valence-electron chi connectivity index (χ1n) is 9.47. The van der Waals surface area contributed by atoms with Crippen LogP contribution in [0.2, 0.25) is 0 Å². The van der Waals surface area contributed by atoms with Crippen molar-refractivity contribution in [3.8, 4) is 0 Å². The largest absolute Gasteiger partial charge is 0.0775 e. The molecule has 0 heterocycles. The summed E-state index contributed by atoms with van der Waals surface area (Å²) in [5, 5.41) is 0. The molecule has 0 spiro atoms. The van der Waals surface area contributed by atoms with Gasteiger partial charge in [0.05, 0.1) is 0 Å². The molecule has 0 aromatic heterocycles. The van der Waals surface area contributed by atoms with E-state index in [1.165, 1.54) is 62.1 Å². The maximum atomic E-state index is 2.39. The van der Waals surface area contributed by atoms with Gasteiger partial charge in [-0.3, -0.25) is 0 Å². The van der Waals surface area contributed by atoms with Gasteiger partial charge in [-0.2, -0.15) is 0 Å². The monoisotopic (exact) mass is 334 g/mol. The number of rotatable bonds is 5. The van der Waals surface area contributed by atoms with Gasteiger partial charge < -0.3 is 0 Å². The zero-order valence-corrected chi connectivity index (χ0v) is 17.4. The Hall–Kier alpha value is -1.82.